The molecule has 0 aliphatic carbocycles. The zero-order valence-electron chi connectivity index (χ0n) is 8.45. The topological polar surface area (TPSA) is 62.2 Å². The molecule has 0 aliphatic heterocycles. The van der Waals surface area contributed by atoms with Gasteiger partial charge in [-0.05, 0) is 11.8 Å². The number of nitrogens with one attached hydrogen (secondary N) is 1. The molecule has 17 heavy (non-hydrogen) atoms. The predicted octanol–water partition coefficient (Wildman–Crippen LogP) is 2.44. The number of hydrogen-bond acceptors (Lipinski definition) is 5. The Hall–Kier alpha value is -0.960. The van der Waals surface area contributed by atoms with Crippen LogP contribution in [0.5, 0.6) is 0 Å². The molecular weight excluding hydrogens is 277 g/mol. The van der Waals surface area contributed by atoms with Crippen LogP contribution in [0.1, 0.15) is 5.69 Å². The molecule has 2 N–H and O–H groups in total. The summed E-state index contributed by atoms with van der Waals surface area (Å²) in [6.45, 7) is 0.129. The Morgan fingerprint density at radius 2 is 2.29 bits per heavy atom. The first-order valence-corrected chi connectivity index (χ1v) is 6.34. The summed E-state index contributed by atoms with van der Waals surface area (Å²) in [5, 5.41) is 13.2. The molecule has 1 rings (SSSR count). The van der Waals surface area contributed by atoms with Gasteiger partial charge in [0.25, 0.3) is 0 Å². The average molecular weight is 286 g/mol. The maximum atomic E-state index is 11.8. The molecule has 0 atom stereocenters. The quantitative estimate of drug-likeness (QED) is 0.786. The van der Waals surface area contributed by atoms with Crippen LogP contribution in [0.4, 0.5) is 18.3 Å². The molecule has 0 bridgehead atoms. The van der Waals surface area contributed by atoms with Crippen molar-refractivity contribution in [2.45, 2.75) is 11.9 Å². The molecule has 1 aromatic heterocycles. The van der Waals surface area contributed by atoms with E-state index in [0.29, 0.717) is 10.8 Å². The summed E-state index contributed by atoms with van der Waals surface area (Å²) in [7, 11) is 0. The second-order valence-corrected chi connectivity index (χ2v) is 4.95. The molecule has 0 saturated heterocycles. The third kappa shape index (κ3) is 6.37. The van der Waals surface area contributed by atoms with Gasteiger partial charge < -0.3 is 10.4 Å². The minimum Gasteiger partial charge on any atom is -0.481 e. The highest BCUT2D eigenvalue weighted by atomic mass is 32.2. The Morgan fingerprint density at radius 1 is 1.59 bits per heavy atom. The fourth-order valence-corrected chi connectivity index (χ4v) is 2.12. The number of thioether (sulfide) groups is 1. The van der Waals surface area contributed by atoms with Crippen LogP contribution in [0, 0.1) is 0 Å². The highest BCUT2D eigenvalue weighted by Crippen LogP contribution is 2.29. The molecule has 1 aromatic rings. The normalized spacial score (nSPS) is 11.5. The molecule has 0 aliphatic rings. The molecule has 0 unspecified atom stereocenters. The first-order chi connectivity index (χ1) is 7.87. The fraction of sp³-hybridized carbons (Fsp3) is 0.500. The van der Waals surface area contributed by atoms with Gasteiger partial charge in [-0.15, -0.1) is 11.3 Å². The first kappa shape index (κ1) is 14.1. The van der Waals surface area contributed by atoms with E-state index in [4.69, 9.17) is 5.11 Å². The van der Waals surface area contributed by atoms with Crippen LogP contribution in [0.2, 0.25) is 0 Å². The van der Waals surface area contributed by atoms with Crippen molar-refractivity contribution in [2.24, 2.45) is 0 Å². The van der Waals surface area contributed by atoms with Crippen LogP contribution >= 0.6 is 23.1 Å². The van der Waals surface area contributed by atoms with E-state index in [2.05, 4.69) is 10.3 Å². The Morgan fingerprint density at radius 3 is 2.88 bits per heavy atom. The van der Waals surface area contributed by atoms with Crippen LogP contribution in [0.3, 0.4) is 0 Å². The lowest BCUT2D eigenvalue weighted by Crippen LogP contribution is -2.09. The minimum absolute atomic E-state index is 0.109. The molecule has 0 spiro atoms. The number of halogens is 3. The van der Waals surface area contributed by atoms with E-state index in [1.165, 1.54) is 11.3 Å². The second kappa shape index (κ2) is 6.10. The first-order valence-electron chi connectivity index (χ1n) is 4.47. The number of carbonyl (C=O) groups is 1. The molecule has 0 fully saturated rings. The zero-order valence-corrected chi connectivity index (χ0v) is 10.1. The van der Waals surface area contributed by atoms with Crippen molar-refractivity contribution in [1.82, 2.24) is 4.98 Å². The third-order valence-corrected chi connectivity index (χ3v) is 3.11. The van der Waals surface area contributed by atoms with Crippen molar-refractivity contribution in [3.8, 4) is 0 Å². The minimum atomic E-state index is -4.22. The monoisotopic (exact) mass is 286 g/mol. The number of carboxylic acids is 1. The number of nitrogens with zero attached hydrogens (tertiary/aromatic N) is 1. The number of hydrogen-bond donors (Lipinski definition) is 2. The van der Waals surface area contributed by atoms with Crippen LogP contribution in [0.15, 0.2) is 5.38 Å². The summed E-state index contributed by atoms with van der Waals surface area (Å²) in [4.78, 5) is 14.3. The summed E-state index contributed by atoms with van der Waals surface area (Å²) in [5.41, 5.74) is -3.83. The number of aliphatic carboxylic acids is 1. The van der Waals surface area contributed by atoms with E-state index in [1.807, 2.05) is 0 Å². The van der Waals surface area contributed by atoms with Gasteiger partial charge >= 0.3 is 11.5 Å². The molecular formula is C8H9F3N2O2S2. The van der Waals surface area contributed by atoms with Gasteiger partial charge in [-0.1, -0.05) is 0 Å². The maximum absolute atomic E-state index is 11.8. The van der Waals surface area contributed by atoms with Crippen molar-refractivity contribution in [3.63, 3.8) is 0 Å². The van der Waals surface area contributed by atoms with Crippen molar-refractivity contribution in [3.05, 3.63) is 11.1 Å². The molecule has 0 amide bonds. The van der Waals surface area contributed by atoms with Crippen LogP contribution < -0.4 is 5.32 Å². The van der Waals surface area contributed by atoms with Crippen molar-refractivity contribution in [2.75, 3.05) is 17.6 Å². The van der Waals surface area contributed by atoms with Crippen LogP contribution in [-0.2, 0) is 11.2 Å². The van der Waals surface area contributed by atoms with Crippen LogP contribution in [0.25, 0.3) is 0 Å². The van der Waals surface area contributed by atoms with E-state index in [1.54, 1.807) is 5.38 Å². The summed E-state index contributed by atoms with van der Waals surface area (Å²) in [6.07, 6.45) is -0.185. The van der Waals surface area contributed by atoms with Crippen molar-refractivity contribution >= 4 is 34.2 Å². The highest BCUT2D eigenvalue weighted by Gasteiger charge is 2.27. The van der Waals surface area contributed by atoms with E-state index >= 15 is 0 Å². The van der Waals surface area contributed by atoms with Gasteiger partial charge in [-0.25, -0.2) is 4.98 Å². The highest BCUT2D eigenvalue weighted by molar-refractivity contribution is 8.00. The molecule has 0 saturated carbocycles. The largest absolute Gasteiger partial charge is 0.481 e. The van der Waals surface area contributed by atoms with E-state index in [0.717, 1.165) is 0 Å². The number of alkyl halides is 3. The summed E-state index contributed by atoms with van der Waals surface area (Å²) >= 11 is 1.06. The average Bonchev–Trinajstić information content (AvgIpc) is 2.58. The third-order valence-electron chi connectivity index (χ3n) is 1.53. The zero-order chi connectivity index (χ0) is 12.9. The van der Waals surface area contributed by atoms with Gasteiger partial charge in [-0.2, -0.15) is 13.2 Å². The SMILES string of the molecule is O=C(O)Cc1csc(NCCSC(F)(F)F)n1. The lowest BCUT2D eigenvalue weighted by atomic mass is 10.3. The lowest BCUT2D eigenvalue weighted by molar-refractivity contribution is -0.136. The summed E-state index contributed by atoms with van der Waals surface area (Å²) < 4.78 is 35.4. The van der Waals surface area contributed by atoms with E-state index < -0.39 is 11.5 Å². The molecule has 0 aromatic carbocycles. The second-order valence-electron chi connectivity index (χ2n) is 2.94. The van der Waals surface area contributed by atoms with Crippen molar-refractivity contribution < 1.29 is 23.1 Å². The summed E-state index contributed by atoms with van der Waals surface area (Å²) in [6, 6.07) is 0. The number of thiazole rings is 1. The van der Waals surface area contributed by atoms with E-state index in [-0.39, 0.29) is 30.5 Å². The number of carboxylic acid groups (broad SMARTS) is 1. The number of rotatable bonds is 6. The molecule has 1 heterocycles. The van der Waals surface area contributed by atoms with Gasteiger partial charge in [-0.3, -0.25) is 4.79 Å². The Labute approximate surface area is 103 Å². The number of aromatic nitrogens is 1. The summed E-state index contributed by atoms with van der Waals surface area (Å²) in [5.74, 6) is -1.10. The lowest BCUT2D eigenvalue weighted by Gasteiger charge is -2.05. The predicted molar refractivity (Wildman–Crippen MR) is 60.5 cm³/mol. The number of anilines is 1. The van der Waals surface area contributed by atoms with Gasteiger partial charge in [0.05, 0.1) is 12.1 Å². The molecule has 4 nitrogen and oxygen atoms in total. The maximum Gasteiger partial charge on any atom is 0.441 e. The van der Waals surface area contributed by atoms with Crippen molar-refractivity contribution in [1.29, 1.82) is 0 Å². The Kier molecular flexibility index (Phi) is 5.06. The molecule has 9 heteroatoms. The van der Waals surface area contributed by atoms with Gasteiger partial charge in [0.2, 0.25) is 0 Å². The van der Waals surface area contributed by atoms with Gasteiger partial charge in [0.15, 0.2) is 5.13 Å². The molecule has 0 radical (unpaired) electrons. The Balaban J connectivity index is 2.28. The van der Waals surface area contributed by atoms with Crippen LogP contribution in [-0.4, -0.2) is 33.9 Å². The molecule has 96 valence electrons. The van der Waals surface area contributed by atoms with Gasteiger partial charge in [0, 0.05) is 17.7 Å². The van der Waals surface area contributed by atoms with E-state index in [9.17, 15) is 18.0 Å². The fourth-order valence-electron chi connectivity index (χ4n) is 0.949. The smallest absolute Gasteiger partial charge is 0.441 e. The Bertz CT molecular complexity index is 381. The van der Waals surface area contributed by atoms with Gasteiger partial charge in [0.1, 0.15) is 0 Å². The standard InChI is InChI=1S/C8H9F3N2O2S2/c9-8(10,11)17-2-1-12-7-13-5(4-16-7)3-6(14)15/h4H,1-3H2,(H,12,13)(H,14,15).